The summed E-state index contributed by atoms with van der Waals surface area (Å²) in [5, 5.41) is 17.3. The van der Waals surface area contributed by atoms with E-state index < -0.39 is 0 Å². The van der Waals surface area contributed by atoms with E-state index in [-0.39, 0.29) is 24.4 Å². The highest BCUT2D eigenvalue weighted by Gasteiger charge is 2.29. The maximum atomic E-state index is 13.0. The largest absolute Gasteiger partial charge is 0.483 e. The molecule has 0 fully saturated rings. The fourth-order valence-corrected chi connectivity index (χ4v) is 4.39. The second-order valence-electron chi connectivity index (χ2n) is 8.49. The van der Waals surface area contributed by atoms with Gasteiger partial charge in [-0.15, -0.1) is 0 Å². The van der Waals surface area contributed by atoms with Gasteiger partial charge in [-0.3, -0.25) is 23.5 Å². The van der Waals surface area contributed by atoms with E-state index in [0.717, 1.165) is 22.5 Å². The van der Waals surface area contributed by atoms with E-state index >= 15 is 0 Å². The fraction of sp³-hybridized carbons (Fsp3) is 0.269. The Balaban J connectivity index is 0.00000102. The lowest BCUT2D eigenvalue weighted by Crippen LogP contribution is -2.38. The smallest absolute Gasteiger partial charge is 0.290 e. The van der Waals surface area contributed by atoms with Crippen LogP contribution >= 0.6 is 0 Å². The number of ether oxygens (including phenoxy) is 1. The number of carboxylic acid groups (broad SMARTS) is 1. The molecule has 0 saturated heterocycles. The number of fused-ring (bicyclic) bond motifs is 2. The van der Waals surface area contributed by atoms with Gasteiger partial charge in [0.25, 0.3) is 18.3 Å². The number of hydrogen-bond acceptors (Lipinski definition) is 6. The third-order valence-corrected chi connectivity index (χ3v) is 6.04. The first-order chi connectivity index (χ1) is 17.9. The van der Waals surface area contributed by atoms with Gasteiger partial charge in [0.05, 0.1) is 24.1 Å². The minimum absolute atomic E-state index is 0.175. The summed E-state index contributed by atoms with van der Waals surface area (Å²) < 4.78 is 9.31. The molecule has 0 spiro atoms. The quantitative estimate of drug-likeness (QED) is 0.341. The summed E-state index contributed by atoms with van der Waals surface area (Å²) in [6.07, 6.45) is 2.05. The van der Waals surface area contributed by atoms with E-state index in [4.69, 9.17) is 14.6 Å². The number of benzene rings is 1. The van der Waals surface area contributed by atoms with Crippen molar-refractivity contribution in [2.24, 2.45) is 7.05 Å². The minimum Gasteiger partial charge on any atom is -0.483 e. The molecule has 0 radical (unpaired) electrons. The van der Waals surface area contributed by atoms with Gasteiger partial charge >= 0.3 is 0 Å². The number of hydrogen-bond donors (Lipinski definition) is 3. The van der Waals surface area contributed by atoms with Gasteiger partial charge < -0.3 is 20.5 Å². The average molecular weight is 505 g/mol. The fourth-order valence-electron chi connectivity index (χ4n) is 4.39. The first-order valence-corrected chi connectivity index (χ1v) is 11.7. The zero-order valence-electron chi connectivity index (χ0n) is 20.5. The number of rotatable bonds is 6. The Bertz CT molecular complexity index is 1410. The number of aromatic nitrogens is 4. The second kappa shape index (κ2) is 11.5. The molecule has 37 heavy (non-hydrogen) atoms. The molecular formula is C26H28N6O5. The van der Waals surface area contributed by atoms with Crippen molar-refractivity contribution < 1.29 is 24.2 Å². The molecule has 11 nitrogen and oxygen atoms in total. The van der Waals surface area contributed by atoms with Crippen LogP contribution in [0.25, 0.3) is 5.65 Å². The number of nitrogens with zero attached hydrogens (tertiary/aromatic N) is 4. The number of aryl methyl sites for hydroxylation is 2. The van der Waals surface area contributed by atoms with Crippen molar-refractivity contribution in [2.45, 2.75) is 32.6 Å². The molecular weight excluding hydrogens is 476 g/mol. The Kier molecular flexibility index (Phi) is 7.94. The highest BCUT2D eigenvalue weighted by atomic mass is 16.5. The molecule has 3 N–H and O–H groups in total. The predicted molar refractivity (Wildman–Crippen MR) is 134 cm³/mol. The van der Waals surface area contributed by atoms with E-state index in [0.29, 0.717) is 43.2 Å². The van der Waals surface area contributed by atoms with Crippen molar-refractivity contribution in [3.63, 3.8) is 0 Å². The summed E-state index contributed by atoms with van der Waals surface area (Å²) in [6, 6.07) is 15.4. The van der Waals surface area contributed by atoms with Crippen molar-refractivity contribution in [3.8, 4) is 0 Å². The topological polar surface area (TPSA) is 140 Å². The van der Waals surface area contributed by atoms with Crippen LogP contribution in [-0.4, -0.2) is 55.2 Å². The zero-order valence-corrected chi connectivity index (χ0v) is 20.5. The second-order valence-corrected chi connectivity index (χ2v) is 8.49. The highest BCUT2D eigenvalue weighted by molar-refractivity contribution is 5.95. The minimum atomic E-state index is -0.263. The standard InChI is InChI=1S/C25H26N6O3.CH2O2/c1-16-22(31-11-7-6-10-21(31)28-16)24(32)27-14-18-12-19-20(15-34-18)29-30(2)23(19)25(33)26-13-17-8-4-3-5-9-17;2-1-3/h3-11,18H,12-15H2,1-2H3,(H,26,33)(H,27,32);1H,(H,2,3). The molecule has 1 aliphatic heterocycles. The molecule has 0 aliphatic carbocycles. The van der Waals surface area contributed by atoms with Gasteiger partial charge in [-0.1, -0.05) is 36.4 Å². The van der Waals surface area contributed by atoms with Crippen molar-refractivity contribution in [3.05, 3.63) is 88.6 Å². The lowest BCUT2D eigenvalue weighted by Gasteiger charge is -2.23. The summed E-state index contributed by atoms with van der Waals surface area (Å²) in [7, 11) is 1.76. The lowest BCUT2D eigenvalue weighted by atomic mass is 10.0. The molecule has 1 unspecified atom stereocenters. The van der Waals surface area contributed by atoms with Gasteiger partial charge in [0.2, 0.25) is 0 Å². The van der Waals surface area contributed by atoms with Gasteiger partial charge in [-0.05, 0) is 24.6 Å². The summed E-state index contributed by atoms with van der Waals surface area (Å²) in [5.41, 5.74) is 5.08. The highest BCUT2D eigenvalue weighted by Crippen LogP contribution is 2.23. The van der Waals surface area contributed by atoms with Crippen LogP contribution in [0.15, 0.2) is 54.7 Å². The van der Waals surface area contributed by atoms with Crippen molar-refractivity contribution >= 4 is 23.9 Å². The van der Waals surface area contributed by atoms with Gasteiger partial charge in [0.15, 0.2) is 0 Å². The first-order valence-electron chi connectivity index (χ1n) is 11.7. The van der Waals surface area contributed by atoms with Crippen LogP contribution in [0.1, 0.15) is 43.5 Å². The van der Waals surface area contributed by atoms with Crippen molar-refractivity contribution in [1.29, 1.82) is 0 Å². The Morgan fingerprint density at radius 3 is 2.57 bits per heavy atom. The zero-order chi connectivity index (χ0) is 26.4. The molecule has 1 aromatic carbocycles. The SMILES string of the molecule is Cc1nc2ccccn2c1C(=O)NCC1Cc2c(nn(C)c2C(=O)NCc2ccccc2)CO1.O=CO. The summed E-state index contributed by atoms with van der Waals surface area (Å²) >= 11 is 0. The van der Waals surface area contributed by atoms with Crippen LogP contribution in [0.2, 0.25) is 0 Å². The van der Waals surface area contributed by atoms with E-state index in [1.54, 1.807) is 16.1 Å². The Labute approximate surface area is 213 Å². The van der Waals surface area contributed by atoms with Gasteiger partial charge in [0, 0.05) is 38.3 Å². The maximum Gasteiger partial charge on any atom is 0.290 e. The molecule has 0 bridgehead atoms. The van der Waals surface area contributed by atoms with E-state index in [2.05, 4.69) is 20.7 Å². The Hall–Kier alpha value is -4.51. The van der Waals surface area contributed by atoms with E-state index in [1.807, 2.05) is 61.7 Å². The van der Waals surface area contributed by atoms with Crippen molar-refractivity contribution in [2.75, 3.05) is 6.54 Å². The molecule has 1 atom stereocenters. The molecule has 5 rings (SSSR count). The van der Waals surface area contributed by atoms with Crippen LogP contribution < -0.4 is 10.6 Å². The van der Waals surface area contributed by atoms with E-state index in [9.17, 15) is 9.59 Å². The molecule has 0 saturated carbocycles. The summed E-state index contributed by atoms with van der Waals surface area (Å²) in [4.78, 5) is 38.7. The maximum absolute atomic E-state index is 13.0. The number of carbonyl (C=O) groups is 3. The molecule has 4 aromatic rings. The van der Waals surface area contributed by atoms with Crippen LogP contribution in [0.3, 0.4) is 0 Å². The monoisotopic (exact) mass is 504 g/mol. The third kappa shape index (κ3) is 5.67. The first kappa shape index (κ1) is 25.6. The van der Waals surface area contributed by atoms with Crippen LogP contribution in [0.5, 0.6) is 0 Å². The number of imidazole rings is 1. The Morgan fingerprint density at radius 2 is 1.81 bits per heavy atom. The lowest BCUT2D eigenvalue weighted by molar-refractivity contribution is -0.122. The van der Waals surface area contributed by atoms with E-state index in [1.165, 1.54) is 0 Å². The van der Waals surface area contributed by atoms with Crippen molar-refractivity contribution in [1.82, 2.24) is 29.8 Å². The number of nitrogens with one attached hydrogen (secondary N) is 2. The Morgan fingerprint density at radius 1 is 1.11 bits per heavy atom. The normalized spacial score (nSPS) is 14.3. The number of pyridine rings is 1. The van der Waals surface area contributed by atoms with Crippen LogP contribution in [0.4, 0.5) is 0 Å². The van der Waals surface area contributed by atoms with Gasteiger partial charge in [0.1, 0.15) is 17.0 Å². The summed E-state index contributed by atoms with van der Waals surface area (Å²) in [5.74, 6) is -0.385. The molecule has 2 amide bonds. The molecule has 4 heterocycles. The number of amides is 2. The molecule has 3 aromatic heterocycles. The number of carbonyl (C=O) groups excluding carboxylic acids is 2. The predicted octanol–water partition coefficient (Wildman–Crippen LogP) is 1.88. The molecule has 192 valence electrons. The molecule has 11 heteroatoms. The average Bonchev–Trinajstić information content (AvgIpc) is 3.41. The molecule has 1 aliphatic rings. The van der Waals surface area contributed by atoms with Gasteiger partial charge in [-0.25, -0.2) is 4.98 Å². The third-order valence-electron chi connectivity index (χ3n) is 6.04. The van der Waals surface area contributed by atoms with Crippen LogP contribution in [-0.2, 0) is 36.2 Å². The van der Waals surface area contributed by atoms with Gasteiger partial charge in [-0.2, -0.15) is 5.10 Å². The summed E-state index contributed by atoms with van der Waals surface area (Å²) in [6.45, 7) is 2.62. The van der Waals surface area contributed by atoms with Crippen LogP contribution in [0, 0.1) is 6.92 Å².